The van der Waals surface area contributed by atoms with Crippen molar-refractivity contribution in [1.82, 2.24) is 15.0 Å². The lowest BCUT2D eigenvalue weighted by Gasteiger charge is -2.01. The van der Waals surface area contributed by atoms with Crippen LogP contribution in [0.1, 0.15) is 17.0 Å². The van der Waals surface area contributed by atoms with Crippen molar-refractivity contribution < 1.29 is 0 Å². The van der Waals surface area contributed by atoms with Gasteiger partial charge in [0.15, 0.2) is 5.16 Å². The zero-order chi connectivity index (χ0) is 14.7. The van der Waals surface area contributed by atoms with Gasteiger partial charge in [-0.3, -0.25) is 0 Å². The summed E-state index contributed by atoms with van der Waals surface area (Å²) in [6.07, 6.45) is 1.80. The predicted octanol–water partition coefficient (Wildman–Crippen LogP) is 4.51. The number of nitrogens with zero attached hydrogens (tertiary/aromatic N) is 3. The Morgan fingerprint density at radius 2 is 1.95 bits per heavy atom. The van der Waals surface area contributed by atoms with Crippen LogP contribution in [-0.4, -0.2) is 15.0 Å². The number of hydrogen-bond acceptors (Lipinski definition) is 5. The predicted molar refractivity (Wildman–Crippen MR) is 88.6 cm³/mol. The number of aromatic nitrogens is 3. The monoisotopic (exact) mass is 313 g/mol. The first-order chi connectivity index (χ1) is 10.2. The minimum Gasteiger partial charge on any atom is -0.240 e. The quantitative estimate of drug-likeness (QED) is 0.525. The Kier molecular flexibility index (Phi) is 4.31. The largest absolute Gasteiger partial charge is 0.240 e. The summed E-state index contributed by atoms with van der Waals surface area (Å²) >= 11 is 3.31. The molecule has 0 radical (unpaired) electrons. The zero-order valence-electron chi connectivity index (χ0n) is 11.9. The lowest BCUT2D eigenvalue weighted by molar-refractivity contribution is 0.931. The number of thioether (sulfide) groups is 1. The SMILES string of the molecule is Cc1ccnc(SCc2csc(-c3ccccc3C)n2)n1. The van der Waals surface area contributed by atoms with Crippen LogP contribution >= 0.6 is 23.1 Å². The standard InChI is InChI=1S/C16H15N3S2/c1-11-5-3-4-6-14(11)15-19-13(9-20-15)10-21-16-17-8-7-12(2)18-16/h3-9H,10H2,1-2H3. The highest BCUT2D eigenvalue weighted by molar-refractivity contribution is 7.98. The lowest BCUT2D eigenvalue weighted by atomic mass is 10.1. The second kappa shape index (κ2) is 6.37. The molecule has 0 aliphatic rings. The Bertz CT molecular complexity index is 753. The first kappa shape index (κ1) is 14.2. The fourth-order valence-electron chi connectivity index (χ4n) is 1.94. The summed E-state index contributed by atoms with van der Waals surface area (Å²) in [5.74, 6) is 0.797. The van der Waals surface area contributed by atoms with E-state index < -0.39 is 0 Å². The molecule has 1 aromatic carbocycles. The van der Waals surface area contributed by atoms with Crippen molar-refractivity contribution >= 4 is 23.1 Å². The summed E-state index contributed by atoms with van der Waals surface area (Å²) < 4.78 is 0. The van der Waals surface area contributed by atoms with E-state index in [0.717, 1.165) is 27.3 Å². The molecule has 2 heterocycles. The van der Waals surface area contributed by atoms with Crippen LogP contribution in [0.2, 0.25) is 0 Å². The summed E-state index contributed by atoms with van der Waals surface area (Å²) in [7, 11) is 0. The fraction of sp³-hybridized carbons (Fsp3) is 0.188. The van der Waals surface area contributed by atoms with Crippen molar-refractivity contribution in [2.45, 2.75) is 24.8 Å². The molecule has 3 nitrogen and oxygen atoms in total. The van der Waals surface area contributed by atoms with Gasteiger partial charge in [0.05, 0.1) is 5.69 Å². The van der Waals surface area contributed by atoms with Crippen LogP contribution in [0.25, 0.3) is 10.6 Å². The van der Waals surface area contributed by atoms with Crippen molar-refractivity contribution in [3.8, 4) is 10.6 Å². The summed E-state index contributed by atoms with van der Waals surface area (Å²) in [5.41, 5.74) is 4.54. The molecule has 0 aliphatic heterocycles. The number of aryl methyl sites for hydroxylation is 2. The topological polar surface area (TPSA) is 38.7 Å². The molecule has 106 valence electrons. The third-order valence-corrected chi connectivity index (χ3v) is 4.87. The third-order valence-electron chi connectivity index (χ3n) is 3.05. The normalized spacial score (nSPS) is 10.8. The highest BCUT2D eigenvalue weighted by Crippen LogP contribution is 2.28. The molecule has 21 heavy (non-hydrogen) atoms. The van der Waals surface area contributed by atoms with Crippen LogP contribution in [0.15, 0.2) is 47.1 Å². The van der Waals surface area contributed by atoms with Crippen molar-refractivity contribution in [3.63, 3.8) is 0 Å². The molecule has 0 amide bonds. The van der Waals surface area contributed by atoms with E-state index in [-0.39, 0.29) is 0 Å². The van der Waals surface area contributed by atoms with Gasteiger partial charge in [0.1, 0.15) is 5.01 Å². The van der Waals surface area contributed by atoms with Gasteiger partial charge in [0.25, 0.3) is 0 Å². The fourth-order valence-corrected chi connectivity index (χ4v) is 3.73. The summed E-state index contributed by atoms with van der Waals surface area (Å²) in [6, 6.07) is 10.3. The number of benzene rings is 1. The second-order valence-electron chi connectivity index (χ2n) is 4.73. The maximum Gasteiger partial charge on any atom is 0.188 e. The molecule has 0 spiro atoms. The molecule has 3 rings (SSSR count). The second-order valence-corrected chi connectivity index (χ2v) is 6.53. The van der Waals surface area contributed by atoms with E-state index in [9.17, 15) is 0 Å². The first-order valence-corrected chi connectivity index (χ1v) is 8.52. The van der Waals surface area contributed by atoms with E-state index in [0.29, 0.717) is 0 Å². The van der Waals surface area contributed by atoms with Crippen molar-refractivity contribution in [1.29, 1.82) is 0 Å². The summed E-state index contributed by atoms with van der Waals surface area (Å²) in [6.45, 7) is 4.09. The van der Waals surface area contributed by atoms with Gasteiger partial charge < -0.3 is 0 Å². The average Bonchev–Trinajstić information content (AvgIpc) is 2.94. The maximum absolute atomic E-state index is 4.72. The van der Waals surface area contributed by atoms with Gasteiger partial charge >= 0.3 is 0 Å². The first-order valence-electron chi connectivity index (χ1n) is 6.65. The van der Waals surface area contributed by atoms with Crippen molar-refractivity contribution in [2.75, 3.05) is 0 Å². The molecule has 3 aromatic rings. The van der Waals surface area contributed by atoms with Gasteiger partial charge in [-0.05, 0) is 25.5 Å². The van der Waals surface area contributed by atoms with Crippen molar-refractivity contribution in [3.05, 3.63) is 58.9 Å². The van der Waals surface area contributed by atoms with Gasteiger partial charge in [0, 0.05) is 28.6 Å². The van der Waals surface area contributed by atoms with E-state index in [1.807, 2.05) is 13.0 Å². The average molecular weight is 313 g/mol. The van der Waals surface area contributed by atoms with Crippen LogP contribution in [-0.2, 0) is 5.75 Å². The van der Waals surface area contributed by atoms with E-state index in [2.05, 4.69) is 46.5 Å². The Morgan fingerprint density at radius 3 is 2.76 bits per heavy atom. The molecule has 0 bridgehead atoms. The Hall–Kier alpha value is -1.72. The summed E-state index contributed by atoms with van der Waals surface area (Å²) in [4.78, 5) is 13.4. The Morgan fingerprint density at radius 1 is 1.10 bits per heavy atom. The van der Waals surface area contributed by atoms with Gasteiger partial charge in [-0.15, -0.1) is 11.3 Å². The molecule has 0 saturated carbocycles. The molecular weight excluding hydrogens is 298 g/mol. The van der Waals surface area contributed by atoms with Crippen LogP contribution in [0.3, 0.4) is 0 Å². The van der Waals surface area contributed by atoms with Gasteiger partial charge in [-0.25, -0.2) is 15.0 Å². The third kappa shape index (κ3) is 3.49. The Balaban J connectivity index is 1.72. The minimum atomic E-state index is 0.797. The molecular formula is C16H15N3S2. The zero-order valence-corrected chi connectivity index (χ0v) is 13.5. The van der Waals surface area contributed by atoms with E-state index in [1.165, 1.54) is 11.1 Å². The van der Waals surface area contributed by atoms with E-state index >= 15 is 0 Å². The van der Waals surface area contributed by atoms with Gasteiger partial charge in [-0.1, -0.05) is 36.0 Å². The number of rotatable bonds is 4. The highest BCUT2D eigenvalue weighted by atomic mass is 32.2. The lowest BCUT2D eigenvalue weighted by Crippen LogP contribution is -1.89. The van der Waals surface area contributed by atoms with Crippen LogP contribution in [0.4, 0.5) is 0 Å². The molecule has 5 heteroatoms. The van der Waals surface area contributed by atoms with E-state index in [4.69, 9.17) is 4.98 Å². The van der Waals surface area contributed by atoms with Crippen LogP contribution < -0.4 is 0 Å². The Labute approximate surface area is 132 Å². The molecule has 0 aliphatic carbocycles. The number of hydrogen-bond donors (Lipinski definition) is 0. The molecule has 0 unspecified atom stereocenters. The molecule has 0 fully saturated rings. The smallest absolute Gasteiger partial charge is 0.188 e. The molecule has 0 saturated heterocycles. The molecule has 0 atom stereocenters. The molecule has 2 aromatic heterocycles. The van der Waals surface area contributed by atoms with Gasteiger partial charge in [-0.2, -0.15) is 0 Å². The van der Waals surface area contributed by atoms with Crippen LogP contribution in [0, 0.1) is 13.8 Å². The number of thiazole rings is 1. The molecule has 0 N–H and O–H groups in total. The highest BCUT2D eigenvalue weighted by Gasteiger charge is 2.08. The maximum atomic E-state index is 4.72. The van der Waals surface area contributed by atoms with Crippen molar-refractivity contribution in [2.24, 2.45) is 0 Å². The van der Waals surface area contributed by atoms with E-state index in [1.54, 1.807) is 29.3 Å². The minimum absolute atomic E-state index is 0.797. The van der Waals surface area contributed by atoms with Crippen LogP contribution in [0.5, 0.6) is 0 Å². The van der Waals surface area contributed by atoms with Gasteiger partial charge in [0.2, 0.25) is 0 Å². The summed E-state index contributed by atoms with van der Waals surface area (Å²) in [5, 5.41) is 4.00.